The highest BCUT2D eigenvalue weighted by Crippen LogP contribution is 2.39. The zero-order valence-electron chi connectivity index (χ0n) is 9.74. The summed E-state index contributed by atoms with van der Waals surface area (Å²) in [6.07, 6.45) is -11.7. The van der Waals surface area contributed by atoms with Crippen LogP contribution in [0.4, 0.5) is 0 Å². The molecule has 15 heteroatoms. The molecule has 21 heavy (non-hydrogen) atoms. The highest BCUT2D eigenvalue weighted by atomic mass is 16.7. The first-order valence-corrected chi connectivity index (χ1v) is 4.99. The van der Waals surface area contributed by atoms with Crippen molar-refractivity contribution in [1.29, 1.82) is 0 Å². The van der Waals surface area contributed by atoms with Crippen LogP contribution in [0.5, 0.6) is 0 Å². The minimum atomic E-state index is -4.28. The van der Waals surface area contributed by atoms with Gasteiger partial charge in [0.25, 0.3) is 6.29 Å². The van der Waals surface area contributed by atoms with Gasteiger partial charge in [0.05, 0.1) is 14.8 Å². The Hall–Kier alpha value is -2.04. The molecule has 0 aromatic heterocycles. The molecule has 1 aliphatic rings. The van der Waals surface area contributed by atoms with E-state index in [0.717, 1.165) is 0 Å². The fourth-order valence-electron chi connectivity index (χ4n) is 1.77. The summed E-state index contributed by atoms with van der Waals surface area (Å²) in [4.78, 5) is 26.5. The molecule has 1 aliphatic heterocycles. The van der Waals surface area contributed by atoms with E-state index in [1.54, 1.807) is 0 Å². The molecule has 1 unspecified atom stereocenters. The third kappa shape index (κ3) is 2.07. The number of aliphatic hydroxyl groups is 5. The smallest absolute Gasteiger partial charge is 0.380 e. The van der Waals surface area contributed by atoms with Crippen LogP contribution in [0.2, 0.25) is 0 Å². The van der Waals surface area contributed by atoms with Crippen molar-refractivity contribution in [3.05, 3.63) is 30.3 Å². The lowest BCUT2D eigenvalue weighted by Gasteiger charge is -2.41. The first kappa shape index (κ1) is 17.0. The lowest BCUT2D eigenvalue weighted by Crippen LogP contribution is -2.81. The molecule has 1 fully saturated rings. The predicted molar refractivity (Wildman–Crippen MR) is 53.8 cm³/mol. The summed E-state index contributed by atoms with van der Waals surface area (Å²) >= 11 is 0. The van der Waals surface area contributed by atoms with Crippen molar-refractivity contribution < 1.29 is 45.0 Å². The lowest BCUT2D eigenvalue weighted by atomic mass is 9.86. The third-order valence-corrected chi connectivity index (χ3v) is 2.96. The van der Waals surface area contributed by atoms with Crippen LogP contribution in [-0.2, 0) is 4.74 Å². The van der Waals surface area contributed by atoms with Gasteiger partial charge in [-0.05, 0) is 0 Å². The van der Waals surface area contributed by atoms with Crippen molar-refractivity contribution in [2.24, 2.45) is 0 Å². The summed E-state index contributed by atoms with van der Waals surface area (Å²) in [6.45, 7) is 0. The van der Waals surface area contributed by atoms with Gasteiger partial charge in [0, 0.05) is 0 Å². The minimum absolute atomic E-state index is 1.50. The summed E-state index contributed by atoms with van der Waals surface area (Å²) in [5, 5.41) is 79.0. The Morgan fingerprint density at radius 3 is 1.76 bits per heavy atom. The molecule has 0 radical (unpaired) electrons. The molecular formula is C6H9N3O12. The van der Waals surface area contributed by atoms with Gasteiger partial charge in [-0.2, -0.15) is 0 Å². The summed E-state index contributed by atoms with van der Waals surface area (Å²) < 4.78 is 4.10. The average molecular weight is 315 g/mol. The van der Waals surface area contributed by atoms with E-state index in [1.165, 1.54) is 0 Å². The van der Waals surface area contributed by atoms with Gasteiger partial charge in [-0.1, -0.05) is 0 Å². The SMILES string of the molecule is O=[N+]([O-])C(O)[C@H]1O[C@@H](O)[C@@](O)([N+](=O)[O-])[C@](O)([N+](=O)[O-])[C@@H]1O. The number of ether oxygens (including phenoxy) is 1. The first-order valence-electron chi connectivity index (χ1n) is 4.99. The molecule has 0 saturated carbocycles. The summed E-state index contributed by atoms with van der Waals surface area (Å²) in [6, 6.07) is 0. The Morgan fingerprint density at radius 1 is 1.00 bits per heavy atom. The fraction of sp³-hybridized carbons (Fsp3) is 1.00. The topological polar surface area (TPSA) is 240 Å². The van der Waals surface area contributed by atoms with Gasteiger partial charge in [0.2, 0.25) is 0 Å². The van der Waals surface area contributed by atoms with E-state index in [2.05, 4.69) is 4.74 Å². The highest BCUT2D eigenvalue weighted by Gasteiger charge is 2.84. The fourth-order valence-corrected chi connectivity index (χ4v) is 1.77. The molecule has 0 spiro atoms. The largest absolute Gasteiger partial charge is 0.472 e. The Kier molecular flexibility index (Phi) is 4.10. The second-order valence-corrected chi connectivity index (χ2v) is 4.06. The molecule has 0 aliphatic carbocycles. The number of rotatable bonds is 4. The Balaban J connectivity index is 3.45. The lowest BCUT2D eigenvalue weighted by molar-refractivity contribution is -0.794. The molecule has 0 aromatic carbocycles. The second-order valence-electron chi connectivity index (χ2n) is 4.06. The Bertz CT molecular complexity index is 484. The highest BCUT2D eigenvalue weighted by molar-refractivity contribution is 5.00. The van der Waals surface area contributed by atoms with Crippen LogP contribution in [0.25, 0.3) is 0 Å². The van der Waals surface area contributed by atoms with Crippen LogP contribution in [-0.4, -0.2) is 76.5 Å². The summed E-state index contributed by atoms with van der Waals surface area (Å²) in [7, 11) is 0. The van der Waals surface area contributed by atoms with Gasteiger partial charge in [0.15, 0.2) is 12.2 Å². The van der Waals surface area contributed by atoms with Crippen molar-refractivity contribution >= 4 is 0 Å². The molecule has 6 atom stereocenters. The third-order valence-electron chi connectivity index (χ3n) is 2.96. The van der Waals surface area contributed by atoms with Gasteiger partial charge in [0.1, 0.15) is 0 Å². The van der Waals surface area contributed by atoms with Crippen molar-refractivity contribution in [1.82, 2.24) is 0 Å². The molecule has 15 nitrogen and oxygen atoms in total. The molecule has 0 bridgehead atoms. The van der Waals surface area contributed by atoms with Crippen molar-refractivity contribution in [2.45, 2.75) is 36.2 Å². The second kappa shape index (κ2) is 5.06. The summed E-state index contributed by atoms with van der Waals surface area (Å²) in [5.74, 6) is 0. The van der Waals surface area contributed by atoms with Crippen LogP contribution in [0.15, 0.2) is 0 Å². The van der Waals surface area contributed by atoms with Crippen LogP contribution in [0.1, 0.15) is 0 Å². The van der Waals surface area contributed by atoms with E-state index in [1.807, 2.05) is 0 Å². The standard InChI is InChI=1S/C6H9N3O12/c10-2-1(3(11)7(15)16)21-4(12)6(14,9(19)20)5(2,13)8(17)18/h1-4,10-14H/t1-,2+,3?,4+,5-,6-/m0/s1. The van der Waals surface area contributed by atoms with Crippen LogP contribution in [0.3, 0.4) is 0 Å². The maximum absolute atomic E-state index is 10.8. The van der Waals surface area contributed by atoms with E-state index in [0.29, 0.717) is 0 Å². The monoisotopic (exact) mass is 315 g/mol. The number of hydrogen-bond donors (Lipinski definition) is 5. The minimum Gasteiger partial charge on any atom is -0.380 e. The Morgan fingerprint density at radius 2 is 1.43 bits per heavy atom. The van der Waals surface area contributed by atoms with E-state index in [-0.39, 0.29) is 0 Å². The zero-order valence-corrected chi connectivity index (χ0v) is 9.74. The van der Waals surface area contributed by atoms with Crippen LogP contribution < -0.4 is 0 Å². The van der Waals surface area contributed by atoms with Crippen LogP contribution in [0, 0.1) is 30.3 Å². The number of nitrogens with zero attached hydrogens (tertiary/aromatic N) is 3. The Labute approximate surface area is 113 Å². The van der Waals surface area contributed by atoms with Gasteiger partial charge in [-0.15, -0.1) is 0 Å². The first-order chi connectivity index (χ1) is 9.42. The average Bonchev–Trinajstić information content (AvgIpc) is 2.38. The number of aliphatic hydroxyl groups excluding tert-OH is 3. The van der Waals surface area contributed by atoms with Crippen molar-refractivity contribution in [3.8, 4) is 0 Å². The number of hydrogen-bond acceptors (Lipinski definition) is 12. The molecular weight excluding hydrogens is 306 g/mol. The van der Waals surface area contributed by atoms with Crippen LogP contribution >= 0.6 is 0 Å². The quantitative estimate of drug-likeness (QED) is 0.187. The summed E-state index contributed by atoms with van der Waals surface area (Å²) in [5.41, 5.74) is -8.52. The van der Waals surface area contributed by atoms with Gasteiger partial charge < -0.3 is 30.3 Å². The molecule has 1 heterocycles. The molecule has 1 rings (SSSR count). The normalized spacial score (nSPS) is 41.3. The van der Waals surface area contributed by atoms with Gasteiger partial charge in [-0.25, -0.2) is 0 Å². The molecule has 0 amide bonds. The molecule has 0 aromatic rings. The number of nitro groups is 3. The van der Waals surface area contributed by atoms with Gasteiger partial charge >= 0.3 is 17.7 Å². The van der Waals surface area contributed by atoms with E-state index < -0.39 is 50.9 Å². The molecule has 5 N–H and O–H groups in total. The molecule has 120 valence electrons. The van der Waals surface area contributed by atoms with E-state index >= 15 is 0 Å². The predicted octanol–water partition coefficient (Wildman–Crippen LogP) is -4.41. The van der Waals surface area contributed by atoms with E-state index in [9.17, 15) is 50.8 Å². The van der Waals surface area contributed by atoms with Crippen molar-refractivity contribution in [3.63, 3.8) is 0 Å². The zero-order chi connectivity index (χ0) is 16.7. The van der Waals surface area contributed by atoms with Gasteiger partial charge in [-0.3, -0.25) is 30.3 Å². The van der Waals surface area contributed by atoms with E-state index in [4.69, 9.17) is 5.11 Å². The van der Waals surface area contributed by atoms with Crippen molar-refractivity contribution in [2.75, 3.05) is 0 Å². The molecule has 1 saturated heterocycles. The maximum Gasteiger partial charge on any atom is 0.472 e. The maximum atomic E-state index is 10.8.